The standard InChI is InChI=1S/C61H63N3O10/c62-64-63-52-55(68-38-46-26-12-3-13-27-46)54(67-37-45-24-10-2-11-25-45)51(43-66-36-44-22-8-1-9-23-44)73-61(52)74-57-53(65)56(69-39-47-28-14-4-15-29-47)58(70-40-48-30-16-5-17-31-48)60(72-42-50-34-20-7-21-35-50)59(57)71-41-49-32-18-6-19-33-49/h1-35,51-61,65H,36-43H2/t51-,52-,53+,54+,55-,56-,57-,58+,59+,60+,61+/m1/s1. The van der Waals surface area contributed by atoms with Crippen molar-refractivity contribution >= 4 is 0 Å². The Morgan fingerprint density at radius 2 is 0.676 bits per heavy atom. The summed E-state index contributed by atoms with van der Waals surface area (Å²) in [7, 11) is 0. The highest BCUT2D eigenvalue weighted by Gasteiger charge is 2.57. The molecule has 1 saturated heterocycles. The van der Waals surface area contributed by atoms with Crippen molar-refractivity contribution in [3.05, 3.63) is 262 Å². The largest absolute Gasteiger partial charge is 0.387 e. The maximum absolute atomic E-state index is 13.1. The summed E-state index contributed by atoms with van der Waals surface area (Å²) >= 11 is 0. The second-order valence-corrected chi connectivity index (χ2v) is 18.4. The van der Waals surface area contributed by atoms with Gasteiger partial charge in [0, 0.05) is 4.91 Å². The minimum Gasteiger partial charge on any atom is -0.387 e. The van der Waals surface area contributed by atoms with E-state index >= 15 is 0 Å². The highest BCUT2D eigenvalue weighted by molar-refractivity contribution is 5.20. The summed E-state index contributed by atoms with van der Waals surface area (Å²) in [5.74, 6) is 0. The number of hydrogen-bond acceptors (Lipinski definition) is 11. The van der Waals surface area contributed by atoms with E-state index < -0.39 is 67.3 Å². The van der Waals surface area contributed by atoms with Gasteiger partial charge >= 0.3 is 0 Å². The number of nitrogens with zero attached hydrogens (tertiary/aromatic N) is 3. The number of azide groups is 1. The third-order valence-corrected chi connectivity index (χ3v) is 13.2. The van der Waals surface area contributed by atoms with Crippen LogP contribution in [-0.4, -0.2) is 79.0 Å². The summed E-state index contributed by atoms with van der Waals surface area (Å²) in [6, 6.07) is 67.4. The van der Waals surface area contributed by atoms with E-state index in [-0.39, 0.29) is 52.9 Å². The van der Waals surface area contributed by atoms with Gasteiger partial charge in [0.1, 0.15) is 61.0 Å². The molecule has 13 nitrogen and oxygen atoms in total. The van der Waals surface area contributed by atoms with Gasteiger partial charge in [0.15, 0.2) is 6.29 Å². The van der Waals surface area contributed by atoms with Crippen LogP contribution in [-0.2, 0) is 88.9 Å². The first-order chi connectivity index (χ1) is 36.6. The molecule has 0 unspecified atom stereocenters. The van der Waals surface area contributed by atoms with Crippen molar-refractivity contribution in [1.82, 2.24) is 0 Å². The molecule has 0 aromatic heterocycles. The number of benzene rings is 7. The van der Waals surface area contributed by atoms with Crippen LogP contribution in [0.2, 0.25) is 0 Å². The molecule has 382 valence electrons. The molecule has 7 aromatic carbocycles. The molecular formula is C61H63N3O10. The Morgan fingerprint density at radius 1 is 0.378 bits per heavy atom. The van der Waals surface area contributed by atoms with Crippen LogP contribution in [0.3, 0.4) is 0 Å². The third-order valence-electron chi connectivity index (χ3n) is 13.2. The van der Waals surface area contributed by atoms with E-state index in [1.807, 2.05) is 212 Å². The highest BCUT2D eigenvalue weighted by Crippen LogP contribution is 2.38. The van der Waals surface area contributed by atoms with Crippen LogP contribution >= 0.6 is 0 Å². The van der Waals surface area contributed by atoms with Crippen molar-refractivity contribution in [2.24, 2.45) is 5.11 Å². The first-order valence-electron chi connectivity index (χ1n) is 25.2. The van der Waals surface area contributed by atoms with Gasteiger partial charge in [0.25, 0.3) is 0 Å². The molecular weight excluding hydrogens is 935 g/mol. The van der Waals surface area contributed by atoms with Gasteiger partial charge in [-0.05, 0) is 44.5 Å². The first-order valence-corrected chi connectivity index (χ1v) is 25.2. The molecule has 0 spiro atoms. The van der Waals surface area contributed by atoms with Crippen LogP contribution < -0.4 is 0 Å². The zero-order chi connectivity index (χ0) is 50.6. The molecule has 1 saturated carbocycles. The Morgan fingerprint density at radius 3 is 1.04 bits per heavy atom. The van der Waals surface area contributed by atoms with Crippen molar-refractivity contribution in [3.8, 4) is 0 Å². The summed E-state index contributed by atoms with van der Waals surface area (Å²) in [6.45, 7) is 1.31. The van der Waals surface area contributed by atoms with Gasteiger partial charge in [-0.2, -0.15) is 0 Å². The molecule has 1 aliphatic heterocycles. The summed E-state index contributed by atoms with van der Waals surface area (Å²) in [4.78, 5) is 3.36. The van der Waals surface area contributed by atoms with Crippen LogP contribution in [0, 0.1) is 0 Å². The number of aliphatic hydroxyl groups excluding tert-OH is 1. The van der Waals surface area contributed by atoms with Crippen LogP contribution in [0.4, 0.5) is 0 Å². The zero-order valence-electron chi connectivity index (χ0n) is 41.2. The fourth-order valence-corrected chi connectivity index (χ4v) is 9.39. The van der Waals surface area contributed by atoms with Gasteiger partial charge < -0.3 is 47.7 Å². The first kappa shape index (κ1) is 52.3. The lowest BCUT2D eigenvalue weighted by atomic mass is 9.83. The molecule has 1 N–H and O–H groups in total. The second-order valence-electron chi connectivity index (χ2n) is 18.4. The smallest absolute Gasteiger partial charge is 0.169 e. The summed E-state index contributed by atoms with van der Waals surface area (Å²) in [6.07, 6.45) is -10.5. The van der Waals surface area contributed by atoms with E-state index in [0.29, 0.717) is 0 Å². The monoisotopic (exact) mass is 997 g/mol. The summed E-state index contributed by atoms with van der Waals surface area (Å²) < 4.78 is 62.0. The Hall–Kier alpha value is -6.55. The Bertz CT molecular complexity index is 2710. The molecule has 0 radical (unpaired) electrons. The quantitative estimate of drug-likeness (QED) is 0.0333. The molecule has 0 bridgehead atoms. The second kappa shape index (κ2) is 27.7. The lowest BCUT2D eigenvalue weighted by Gasteiger charge is -2.51. The Balaban J connectivity index is 1.11. The van der Waals surface area contributed by atoms with Crippen molar-refractivity contribution in [2.75, 3.05) is 6.61 Å². The molecule has 7 aromatic rings. The average Bonchev–Trinajstić information content (AvgIpc) is 3.46. The number of hydrogen-bond donors (Lipinski definition) is 1. The van der Waals surface area contributed by atoms with Gasteiger partial charge in [-0.15, -0.1) is 0 Å². The summed E-state index contributed by atoms with van der Waals surface area (Å²) in [5.41, 5.74) is 16.8. The van der Waals surface area contributed by atoms with Crippen LogP contribution in [0.15, 0.2) is 217 Å². The predicted octanol–water partition coefficient (Wildman–Crippen LogP) is 10.9. The SMILES string of the molecule is [N-]=[N+]=N[C@H]1[C@H](O[C@@H]2[C@@H](O)[C@@H](OCc3ccccc3)[C@H](OCc3ccccc3)[C@H](OCc3ccccc3)[C@H]2OCc2ccccc2)O[C@H](COCc2ccccc2)[C@H](OCc2ccccc2)[C@@H]1OCc1ccccc1. The number of ether oxygens (including phenoxy) is 9. The van der Waals surface area contributed by atoms with Crippen LogP contribution in [0.1, 0.15) is 38.9 Å². The number of aliphatic hydroxyl groups is 1. The van der Waals surface area contributed by atoms with Gasteiger partial charge in [0.2, 0.25) is 0 Å². The normalized spacial score (nSPS) is 24.7. The van der Waals surface area contributed by atoms with E-state index in [1.54, 1.807) is 0 Å². The van der Waals surface area contributed by atoms with Gasteiger partial charge in [-0.3, -0.25) is 0 Å². The predicted molar refractivity (Wildman–Crippen MR) is 279 cm³/mol. The molecule has 2 aliphatic rings. The minimum absolute atomic E-state index is 0.0462. The maximum Gasteiger partial charge on any atom is 0.169 e. The fourth-order valence-electron chi connectivity index (χ4n) is 9.39. The van der Waals surface area contributed by atoms with Gasteiger partial charge in [0.05, 0.1) is 52.9 Å². The van der Waals surface area contributed by atoms with Crippen molar-refractivity contribution in [3.63, 3.8) is 0 Å². The van der Waals surface area contributed by atoms with Crippen LogP contribution in [0.25, 0.3) is 10.4 Å². The van der Waals surface area contributed by atoms with E-state index in [2.05, 4.69) is 10.0 Å². The number of rotatable bonds is 25. The molecule has 2 fully saturated rings. The molecule has 74 heavy (non-hydrogen) atoms. The molecule has 1 heterocycles. The maximum atomic E-state index is 13.1. The van der Waals surface area contributed by atoms with E-state index in [0.717, 1.165) is 38.9 Å². The zero-order valence-corrected chi connectivity index (χ0v) is 41.2. The lowest BCUT2D eigenvalue weighted by molar-refractivity contribution is -0.338. The molecule has 9 rings (SSSR count). The van der Waals surface area contributed by atoms with Gasteiger partial charge in [-0.1, -0.05) is 217 Å². The fraction of sp³-hybridized carbons (Fsp3) is 0.311. The average molecular weight is 998 g/mol. The lowest BCUT2D eigenvalue weighted by Crippen LogP contribution is -2.69. The molecule has 13 heteroatoms. The third kappa shape index (κ3) is 14.6. The Labute approximate surface area is 433 Å². The van der Waals surface area contributed by atoms with E-state index in [9.17, 15) is 10.6 Å². The van der Waals surface area contributed by atoms with E-state index in [1.165, 1.54) is 0 Å². The van der Waals surface area contributed by atoms with E-state index in [4.69, 9.17) is 42.6 Å². The van der Waals surface area contributed by atoms with Gasteiger partial charge in [-0.25, -0.2) is 0 Å². The molecule has 1 aliphatic carbocycles. The summed E-state index contributed by atoms with van der Waals surface area (Å²) in [5, 5.41) is 17.5. The Kier molecular flexibility index (Phi) is 19.6. The van der Waals surface area contributed by atoms with Crippen LogP contribution in [0.5, 0.6) is 0 Å². The molecule has 0 amide bonds. The highest BCUT2D eigenvalue weighted by atomic mass is 16.7. The topological polar surface area (TPSA) is 152 Å². The van der Waals surface area contributed by atoms with Crippen molar-refractivity contribution < 1.29 is 47.7 Å². The van der Waals surface area contributed by atoms with Crippen molar-refractivity contribution in [1.29, 1.82) is 0 Å². The minimum atomic E-state index is -1.42. The van der Waals surface area contributed by atoms with Crippen molar-refractivity contribution in [2.45, 2.75) is 114 Å². The molecule has 11 atom stereocenters.